The van der Waals surface area contributed by atoms with Crippen LogP contribution in [-0.4, -0.2) is 20.4 Å². The zero-order chi connectivity index (χ0) is 17.1. The average molecular weight is 392 g/mol. The molecule has 0 aliphatic rings. The fraction of sp³-hybridized carbons (Fsp3) is 0.200. The Labute approximate surface area is 155 Å². The van der Waals surface area contributed by atoms with E-state index in [1.54, 1.807) is 29.4 Å². The molecule has 0 aromatic carbocycles. The molecule has 0 saturated carbocycles. The number of furan rings is 1. The Hall–Kier alpha value is -2.17. The Balaban J connectivity index is 1.37. The first kappa shape index (κ1) is 16.3. The van der Waals surface area contributed by atoms with Crippen molar-refractivity contribution < 1.29 is 8.83 Å². The lowest BCUT2D eigenvalue weighted by atomic mass is 10.4. The van der Waals surface area contributed by atoms with Gasteiger partial charge in [-0.3, -0.25) is 0 Å². The van der Waals surface area contributed by atoms with Crippen molar-refractivity contribution in [3.63, 3.8) is 0 Å². The van der Waals surface area contributed by atoms with Gasteiger partial charge in [-0.1, -0.05) is 29.2 Å². The molecule has 0 amide bonds. The summed E-state index contributed by atoms with van der Waals surface area (Å²) in [5.74, 6) is 1.98. The van der Waals surface area contributed by atoms with Gasteiger partial charge in [0.05, 0.1) is 22.9 Å². The number of thiophene rings is 1. The van der Waals surface area contributed by atoms with E-state index in [0.717, 1.165) is 20.1 Å². The lowest BCUT2D eigenvalue weighted by Crippen LogP contribution is -1.96. The third-order valence-electron chi connectivity index (χ3n) is 3.20. The van der Waals surface area contributed by atoms with E-state index in [1.807, 2.05) is 36.6 Å². The largest absolute Gasteiger partial charge is 0.467 e. The molecule has 4 heterocycles. The van der Waals surface area contributed by atoms with Crippen LogP contribution in [0.5, 0.6) is 0 Å². The normalized spacial score (nSPS) is 12.4. The molecular formula is C15H13N5O2S3. The number of nitrogens with one attached hydrogen (secondary N) is 1. The summed E-state index contributed by atoms with van der Waals surface area (Å²) in [6, 6.07) is 7.68. The number of rotatable bonds is 7. The summed E-state index contributed by atoms with van der Waals surface area (Å²) in [5, 5.41) is 22.5. The van der Waals surface area contributed by atoms with E-state index in [2.05, 4.69) is 25.7 Å². The molecular weight excluding hydrogens is 378 g/mol. The SMILES string of the molecule is C[C@@H](Sc1nnc(NCc2ccco2)s1)c1nnc(-c2cccs2)o1. The summed E-state index contributed by atoms with van der Waals surface area (Å²) >= 11 is 4.60. The molecule has 128 valence electrons. The van der Waals surface area contributed by atoms with Gasteiger partial charge in [0.1, 0.15) is 5.76 Å². The number of hydrogen-bond donors (Lipinski definition) is 1. The van der Waals surface area contributed by atoms with E-state index in [4.69, 9.17) is 8.83 Å². The molecule has 0 aliphatic heterocycles. The maximum atomic E-state index is 5.76. The second-order valence-corrected chi connectivity index (χ2v) is 8.50. The molecule has 0 aliphatic carbocycles. The van der Waals surface area contributed by atoms with E-state index in [-0.39, 0.29) is 5.25 Å². The summed E-state index contributed by atoms with van der Waals surface area (Å²) in [6.45, 7) is 2.59. The minimum absolute atomic E-state index is 0.00733. The molecule has 0 bridgehead atoms. The Morgan fingerprint density at radius 1 is 1.20 bits per heavy atom. The van der Waals surface area contributed by atoms with Crippen LogP contribution in [0.2, 0.25) is 0 Å². The van der Waals surface area contributed by atoms with E-state index in [9.17, 15) is 0 Å². The molecule has 25 heavy (non-hydrogen) atoms. The van der Waals surface area contributed by atoms with Crippen molar-refractivity contribution in [2.45, 2.75) is 23.1 Å². The van der Waals surface area contributed by atoms with E-state index in [1.165, 1.54) is 11.3 Å². The predicted octanol–water partition coefficient (Wildman–Crippen LogP) is 4.71. The maximum Gasteiger partial charge on any atom is 0.257 e. The van der Waals surface area contributed by atoms with Gasteiger partial charge < -0.3 is 14.2 Å². The number of nitrogens with zero attached hydrogens (tertiary/aromatic N) is 4. The van der Waals surface area contributed by atoms with Gasteiger partial charge in [0.25, 0.3) is 5.89 Å². The van der Waals surface area contributed by atoms with E-state index < -0.39 is 0 Å². The lowest BCUT2D eigenvalue weighted by molar-refractivity contribution is 0.510. The van der Waals surface area contributed by atoms with Crippen LogP contribution < -0.4 is 5.32 Å². The Bertz CT molecular complexity index is 917. The summed E-state index contributed by atoms with van der Waals surface area (Å²) < 4.78 is 11.9. The highest BCUT2D eigenvalue weighted by Gasteiger charge is 2.18. The fourth-order valence-corrected chi connectivity index (χ4v) is 4.57. The Morgan fingerprint density at radius 2 is 2.16 bits per heavy atom. The summed E-state index contributed by atoms with van der Waals surface area (Å²) in [7, 11) is 0. The molecule has 0 unspecified atom stereocenters. The van der Waals surface area contributed by atoms with Crippen LogP contribution in [0.1, 0.15) is 23.8 Å². The van der Waals surface area contributed by atoms with Crippen molar-refractivity contribution in [3.05, 3.63) is 47.6 Å². The number of anilines is 1. The highest BCUT2D eigenvalue weighted by molar-refractivity contribution is 8.01. The zero-order valence-corrected chi connectivity index (χ0v) is 15.5. The van der Waals surface area contributed by atoms with Crippen molar-refractivity contribution in [3.8, 4) is 10.8 Å². The first-order valence-electron chi connectivity index (χ1n) is 7.41. The number of thioether (sulfide) groups is 1. The molecule has 4 aromatic heterocycles. The summed E-state index contributed by atoms with van der Waals surface area (Å²) in [6.07, 6.45) is 1.65. The maximum absolute atomic E-state index is 5.76. The van der Waals surface area contributed by atoms with Gasteiger partial charge in [-0.05, 0) is 30.5 Å². The van der Waals surface area contributed by atoms with Crippen LogP contribution in [0.25, 0.3) is 10.8 Å². The molecule has 0 fully saturated rings. The minimum atomic E-state index is -0.00733. The van der Waals surface area contributed by atoms with Gasteiger partial charge in [-0.25, -0.2) is 0 Å². The molecule has 4 aromatic rings. The van der Waals surface area contributed by atoms with E-state index >= 15 is 0 Å². The topological polar surface area (TPSA) is 89.9 Å². The average Bonchev–Trinajstić information content (AvgIpc) is 3.40. The molecule has 1 N–H and O–H groups in total. The quantitative estimate of drug-likeness (QED) is 0.453. The van der Waals surface area contributed by atoms with Crippen LogP contribution in [-0.2, 0) is 6.54 Å². The van der Waals surface area contributed by atoms with Gasteiger partial charge in [0.15, 0.2) is 4.34 Å². The smallest absolute Gasteiger partial charge is 0.257 e. The molecule has 4 rings (SSSR count). The van der Waals surface area contributed by atoms with Crippen molar-refractivity contribution in [2.75, 3.05) is 5.32 Å². The second-order valence-electron chi connectivity index (χ2n) is 4.99. The van der Waals surface area contributed by atoms with Crippen LogP contribution in [0.4, 0.5) is 5.13 Å². The molecule has 10 heteroatoms. The Morgan fingerprint density at radius 3 is 2.96 bits per heavy atom. The summed E-state index contributed by atoms with van der Waals surface area (Å²) in [5.41, 5.74) is 0. The van der Waals surface area contributed by atoms with Gasteiger partial charge in [-0.2, -0.15) is 0 Å². The fourth-order valence-electron chi connectivity index (χ4n) is 2.01. The van der Waals surface area contributed by atoms with Gasteiger partial charge in [-0.15, -0.1) is 31.7 Å². The number of hydrogen-bond acceptors (Lipinski definition) is 10. The van der Waals surface area contributed by atoms with Gasteiger partial charge in [0.2, 0.25) is 11.0 Å². The molecule has 0 radical (unpaired) electrons. The molecule has 0 saturated heterocycles. The standard InChI is InChI=1S/C15H13N5O2S3/c1-9(12-17-18-13(22-12)11-5-3-7-23-11)24-15-20-19-14(25-15)16-8-10-4-2-6-21-10/h2-7,9H,8H2,1H3,(H,16,19)/t9-/m1/s1. The monoisotopic (exact) mass is 391 g/mol. The molecule has 1 atom stereocenters. The van der Waals surface area contributed by atoms with Crippen LogP contribution in [0.15, 0.2) is 49.1 Å². The third-order valence-corrected chi connectivity index (χ3v) is 6.11. The van der Waals surface area contributed by atoms with Crippen molar-refractivity contribution in [2.24, 2.45) is 0 Å². The van der Waals surface area contributed by atoms with Crippen LogP contribution in [0, 0.1) is 0 Å². The summed E-state index contributed by atoms with van der Waals surface area (Å²) in [4.78, 5) is 0.969. The molecule has 7 nitrogen and oxygen atoms in total. The highest BCUT2D eigenvalue weighted by Crippen LogP contribution is 2.37. The highest BCUT2D eigenvalue weighted by atomic mass is 32.2. The van der Waals surface area contributed by atoms with Crippen molar-refractivity contribution >= 4 is 39.6 Å². The zero-order valence-electron chi connectivity index (χ0n) is 13.1. The predicted molar refractivity (Wildman–Crippen MR) is 97.8 cm³/mol. The minimum Gasteiger partial charge on any atom is -0.467 e. The Kier molecular flexibility index (Phi) is 4.81. The van der Waals surface area contributed by atoms with Crippen molar-refractivity contribution in [1.82, 2.24) is 20.4 Å². The first-order valence-corrected chi connectivity index (χ1v) is 9.99. The van der Waals surface area contributed by atoms with Crippen LogP contribution >= 0.6 is 34.4 Å². The van der Waals surface area contributed by atoms with Crippen LogP contribution in [0.3, 0.4) is 0 Å². The number of aromatic nitrogens is 4. The lowest BCUT2D eigenvalue weighted by Gasteiger charge is -2.02. The first-order chi connectivity index (χ1) is 12.3. The van der Waals surface area contributed by atoms with Gasteiger partial charge in [0, 0.05) is 0 Å². The second kappa shape index (κ2) is 7.38. The van der Waals surface area contributed by atoms with Gasteiger partial charge >= 0.3 is 0 Å². The van der Waals surface area contributed by atoms with Crippen molar-refractivity contribution in [1.29, 1.82) is 0 Å². The van der Waals surface area contributed by atoms with E-state index in [0.29, 0.717) is 18.3 Å². The third kappa shape index (κ3) is 3.91. The molecule has 0 spiro atoms.